The minimum atomic E-state index is -6.51. The van der Waals surface area contributed by atoms with Gasteiger partial charge >= 0.3 is 21.5 Å². The van der Waals surface area contributed by atoms with E-state index in [0.717, 1.165) is 0 Å². The lowest BCUT2D eigenvalue weighted by Crippen LogP contribution is -2.50. The predicted molar refractivity (Wildman–Crippen MR) is 33.4 cm³/mol. The second kappa shape index (κ2) is 4.14. The van der Waals surface area contributed by atoms with Gasteiger partial charge in [-0.15, -0.1) is 0 Å². The van der Waals surface area contributed by atoms with E-state index in [0.29, 0.717) is 0 Å². The maximum absolute atomic E-state index is 12.2. The van der Waals surface area contributed by atoms with Gasteiger partial charge in [0.2, 0.25) is 6.36 Å². The molecule has 0 heterocycles. The molecule has 0 aliphatic rings. The van der Waals surface area contributed by atoms with Crippen molar-refractivity contribution in [1.29, 1.82) is 0 Å². The van der Waals surface area contributed by atoms with E-state index in [9.17, 15) is 34.8 Å². The Labute approximate surface area is 79.6 Å². The van der Waals surface area contributed by atoms with E-state index in [1.165, 1.54) is 0 Å². The molecule has 0 fully saturated rings. The van der Waals surface area contributed by atoms with Crippen molar-refractivity contribution in [1.82, 2.24) is 0 Å². The summed E-state index contributed by atoms with van der Waals surface area (Å²) in [5.74, 6) is 0. The van der Waals surface area contributed by atoms with Crippen molar-refractivity contribution >= 4 is 10.1 Å². The van der Waals surface area contributed by atoms with Gasteiger partial charge in [-0.1, -0.05) is 0 Å². The lowest BCUT2D eigenvalue weighted by atomic mass is 10.6. The fraction of sp³-hybridized carbons (Fsp3) is 1.00. The monoisotopic (exact) mass is 262 g/mol. The highest BCUT2D eigenvalue weighted by Crippen LogP contribution is 2.39. The molecule has 4 nitrogen and oxygen atoms in total. The molecule has 0 saturated heterocycles. The molecule has 0 amide bonds. The zero-order chi connectivity index (χ0) is 12.5. The fourth-order valence-corrected chi connectivity index (χ4v) is 0.759. The van der Waals surface area contributed by atoms with E-state index >= 15 is 0 Å². The van der Waals surface area contributed by atoms with Crippen LogP contribution in [-0.4, -0.2) is 37.4 Å². The molecular formula is C4H4F6O4S. The molecule has 0 rings (SSSR count). The SMILES string of the molecule is O=S(=O)(O)C(F)(F)C(F)(F)OC(F)CF. The van der Waals surface area contributed by atoms with Crippen molar-refractivity contribution in [3.05, 3.63) is 0 Å². The van der Waals surface area contributed by atoms with Gasteiger partial charge in [-0.25, -0.2) is 8.78 Å². The lowest BCUT2D eigenvalue weighted by molar-refractivity contribution is -0.352. The normalized spacial score (nSPS) is 16.5. The number of hydrogen-bond acceptors (Lipinski definition) is 3. The molecule has 1 atom stereocenters. The first-order chi connectivity index (χ1) is 6.45. The molecule has 0 radical (unpaired) electrons. The molecule has 11 heteroatoms. The number of alkyl halides is 6. The lowest BCUT2D eigenvalue weighted by Gasteiger charge is -2.23. The first-order valence-corrected chi connectivity index (χ1v) is 4.50. The highest BCUT2D eigenvalue weighted by atomic mass is 32.2. The van der Waals surface area contributed by atoms with Gasteiger partial charge in [0.25, 0.3) is 0 Å². The van der Waals surface area contributed by atoms with Crippen LogP contribution in [0.2, 0.25) is 0 Å². The van der Waals surface area contributed by atoms with Crippen LogP contribution in [0.5, 0.6) is 0 Å². The Bertz CT molecular complexity index is 313. The van der Waals surface area contributed by atoms with Crippen molar-refractivity contribution in [2.24, 2.45) is 0 Å². The molecule has 0 aliphatic carbocycles. The highest BCUT2D eigenvalue weighted by molar-refractivity contribution is 7.86. The van der Waals surface area contributed by atoms with Crippen LogP contribution in [0.4, 0.5) is 26.3 Å². The second-order valence-electron chi connectivity index (χ2n) is 2.19. The summed E-state index contributed by atoms with van der Waals surface area (Å²) < 4.78 is 102. The molecule has 1 N–H and O–H groups in total. The molecule has 92 valence electrons. The predicted octanol–water partition coefficient (Wildman–Crippen LogP) is 1.34. The molecule has 0 aliphatic heterocycles. The van der Waals surface area contributed by atoms with E-state index < -0.39 is 34.5 Å². The van der Waals surface area contributed by atoms with E-state index in [1.807, 2.05) is 0 Å². The first kappa shape index (κ1) is 14.5. The van der Waals surface area contributed by atoms with Gasteiger partial charge in [-0.3, -0.25) is 9.29 Å². The third kappa shape index (κ3) is 2.95. The molecule has 15 heavy (non-hydrogen) atoms. The zero-order valence-electron chi connectivity index (χ0n) is 6.63. The van der Waals surface area contributed by atoms with Crippen LogP contribution in [-0.2, 0) is 14.9 Å². The summed E-state index contributed by atoms with van der Waals surface area (Å²) in [6.07, 6.45) is -9.32. The van der Waals surface area contributed by atoms with E-state index in [4.69, 9.17) is 4.55 Å². The Morgan fingerprint density at radius 2 is 1.67 bits per heavy atom. The highest BCUT2D eigenvalue weighted by Gasteiger charge is 2.68. The maximum atomic E-state index is 12.2. The van der Waals surface area contributed by atoms with Crippen molar-refractivity contribution in [2.75, 3.05) is 6.67 Å². The summed E-state index contributed by atoms with van der Waals surface area (Å²) in [7, 11) is -6.51. The smallest absolute Gasteiger partial charge is 0.281 e. The summed E-state index contributed by atoms with van der Waals surface area (Å²) in [5, 5.41) is -6.07. The van der Waals surface area contributed by atoms with Gasteiger partial charge in [-0.05, 0) is 0 Å². The Kier molecular flexibility index (Phi) is 3.98. The van der Waals surface area contributed by atoms with E-state index in [-0.39, 0.29) is 0 Å². The summed E-state index contributed by atoms with van der Waals surface area (Å²) in [6.45, 7) is -2.18. The molecule has 0 aromatic carbocycles. The molecular weight excluding hydrogens is 258 g/mol. The summed E-state index contributed by atoms with van der Waals surface area (Å²) in [4.78, 5) is 0. The molecule has 0 saturated carbocycles. The van der Waals surface area contributed by atoms with E-state index in [1.54, 1.807) is 0 Å². The van der Waals surface area contributed by atoms with Gasteiger partial charge in [0.1, 0.15) is 6.67 Å². The Morgan fingerprint density at radius 3 is 1.93 bits per heavy atom. The van der Waals surface area contributed by atoms with Crippen molar-refractivity contribution in [3.8, 4) is 0 Å². The second-order valence-corrected chi connectivity index (χ2v) is 3.65. The third-order valence-electron chi connectivity index (χ3n) is 1.06. The van der Waals surface area contributed by atoms with Gasteiger partial charge in [0.15, 0.2) is 0 Å². The maximum Gasteiger partial charge on any atom is 0.460 e. The van der Waals surface area contributed by atoms with Gasteiger partial charge in [0, 0.05) is 0 Å². The Balaban J connectivity index is 5.03. The van der Waals surface area contributed by atoms with Crippen molar-refractivity contribution in [3.63, 3.8) is 0 Å². The number of rotatable bonds is 5. The van der Waals surface area contributed by atoms with Crippen LogP contribution in [0.15, 0.2) is 0 Å². The van der Waals surface area contributed by atoms with Crippen LogP contribution < -0.4 is 0 Å². The van der Waals surface area contributed by atoms with Crippen molar-refractivity contribution < 1.29 is 44.0 Å². The number of ether oxygens (including phenoxy) is 1. The fourth-order valence-electron chi connectivity index (χ4n) is 0.411. The number of halogens is 6. The van der Waals surface area contributed by atoms with Crippen LogP contribution in [0.25, 0.3) is 0 Å². The van der Waals surface area contributed by atoms with E-state index in [2.05, 4.69) is 4.74 Å². The first-order valence-electron chi connectivity index (χ1n) is 3.06. The topological polar surface area (TPSA) is 63.6 Å². The largest absolute Gasteiger partial charge is 0.460 e. The Hall–Kier alpha value is -0.550. The van der Waals surface area contributed by atoms with Crippen LogP contribution in [0, 0.1) is 0 Å². The average Bonchev–Trinajstić information content (AvgIpc) is 2.00. The zero-order valence-corrected chi connectivity index (χ0v) is 7.45. The number of hydrogen-bond donors (Lipinski definition) is 1. The van der Waals surface area contributed by atoms with Gasteiger partial charge in [0.05, 0.1) is 0 Å². The summed E-state index contributed by atoms with van der Waals surface area (Å²) in [5.41, 5.74) is 0. The molecule has 0 spiro atoms. The minimum Gasteiger partial charge on any atom is -0.281 e. The third-order valence-corrected chi connectivity index (χ3v) is 1.95. The summed E-state index contributed by atoms with van der Waals surface area (Å²) in [6, 6.07) is 0. The minimum absolute atomic E-state index is 2.18. The molecule has 0 aromatic rings. The average molecular weight is 262 g/mol. The standard InChI is InChI=1S/C4H4F6O4S/c5-1-2(6)14-3(7,8)4(9,10)15(11,12)13/h2H,1H2,(H,11,12,13). The van der Waals surface area contributed by atoms with Gasteiger partial charge in [-0.2, -0.15) is 26.0 Å². The molecule has 1 unspecified atom stereocenters. The molecule has 0 bridgehead atoms. The van der Waals surface area contributed by atoms with Crippen LogP contribution in [0.3, 0.4) is 0 Å². The van der Waals surface area contributed by atoms with Gasteiger partial charge < -0.3 is 0 Å². The summed E-state index contributed by atoms with van der Waals surface area (Å²) >= 11 is 0. The van der Waals surface area contributed by atoms with Crippen molar-refractivity contribution in [2.45, 2.75) is 17.7 Å². The Morgan fingerprint density at radius 1 is 1.27 bits per heavy atom. The van der Waals surface area contributed by atoms with Crippen LogP contribution >= 0.6 is 0 Å². The quantitative estimate of drug-likeness (QED) is 0.600. The van der Waals surface area contributed by atoms with Crippen LogP contribution in [0.1, 0.15) is 0 Å². The molecule has 0 aromatic heterocycles.